The SMILES string of the molecule is CC.CC1CC(C)(C)CC(c2ccc(O)cc2)(c2ccc(O)cc2)C1.CC1CC2C3CCC(C3)C2C1.CC1CCC(C(C)C)CC1.Cc1ccc(O)cc1.Cc1ccc(O)cc1.Oc1ccccc1.Oc1ccccc1. The van der Waals surface area contributed by atoms with E-state index < -0.39 is 0 Å². The van der Waals surface area contributed by atoms with E-state index in [0.717, 1.165) is 36.5 Å². The molecule has 0 spiro atoms. The van der Waals surface area contributed by atoms with Crippen LogP contribution in [0, 0.1) is 72.5 Å². The molecule has 6 nitrogen and oxygen atoms in total. The van der Waals surface area contributed by atoms with Gasteiger partial charge in [0.15, 0.2) is 0 Å². The Morgan fingerprint density at radius 2 is 0.737 bits per heavy atom. The topological polar surface area (TPSA) is 121 Å². The molecule has 0 aliphatic heterocycles. The first-order chi connectivity index (χ1) is 36.2. The summed E-state index contributed by atoms with van der Waals surface area (Å²) < 4.78 is 0. The van der Waals surface area contributed by atoms with Crippen molar-refractivity contribution in [3.05, 3.63) is 180 Å². The van der Waals surface area contributed by atoms with Crippen LogP contribution < -0.4 is 0 Å². The van der Waals surface area contributed by atoms with Crippen molar-refractivity contribution in [1.82, 2.24) is 0 Å². The second-order valence-corrected chi connectivity index (χ2v) is 23.9. The van der Waals surface area contributed by atoms with E-state index in [2.05, 4.69) is 72.7 Å². The lowest BCUT2D eigenvalue weighted by atomic mass is 9.55. The van der Waals surface area contributed by atoms with E-state index in [-0.39, 0.29) is 10.8 Å². The van der Waals surface area contributed by atoms with Crippen LogP contribution >= 0.6 is 0 Å². The lowest BCUT2D eigenvalue weighted by Gasteiger charge is -2.48. The second kappa shape index (κ2) is 31.4. The minimum Gasteiger partial charge on any atom is -0.508 e. The number of phenols is 6. The molecule has 414 valence electrons. The summed E-state index contributed by atoms with van der Waals surface area (Å²) in [5.41, 5.74) is 5.03. The minimum absolute atomic E-state index is 0.0669. The van der Waals surface area contributed by atoms with Crippen molar-refractivity contribution in [2.75, 3.05) is 0 Å². The van der Waals surface area contributed by atoms with E-state index in [4.69, 9.17) is 20.4 Å². The summed E-state index contributed by atoms with van der Waals surface area (Å²) in [6.07, 6.45) is 17.2. The maximum Gasteiger partial charge on any atom is 0.115 e. The fraction of sp³-hybridized carbons (Fsp3) is 0.486. The van der Waals surface area contributed by atoms with Crippen LogP contribution in [0.3, 0.4) is 0 Å². The summed E-state index contributed by atoms with van der Waals surface area (Å²) in [6.45, 7) is 24.6. The van der Waals surface area contributed by atoms with Crippen molar-refractivity contribution in [2.45, 2.75) is 159 Å². The van der Waals surface area contributed by atoms with Crippen LogP contribution in [-0.2, 0) is 5.41 Å². The van der Waals surface area contributed by atoms with Gasteiger partial charge in [-0.05, 0) is 221 Å². The van der Waals surface area contributed by atoms with Crippen LogP contribution in [0.1, 0.15) is 162 Å². The highest BCUT2D eigenvalue weighted by Crippen LogP contribution is 2.60. The molecule has 6 aromatic carbocycles. The van der Waals surface area contributed by atoms with E-state index in [0.29, 0.717) is 40.4 Å². The van der Waals surface area contributed by atoms with E-state index >= 15 is 0 Å². The molecule has 2 bridgehead atoms. The molecule has 0 saturated heterocycles. The van der Waals surface area contributed by atoms with Crippen molar-refractivity contribution in [1.29, 1.82) is 0 Å². The molecule has 0 aromatic heterocycles. The average Bonchev–Trinajstić information content (AvgIpc) is 4.13. The molecule has 0 radical (unpaired) electrons. The molecular formula is C70H98O6. The smallest absolute Gasteiger partial charge is 0.115 e. The Morgan fingerprint density at radius 3 is 1.04 bits per heavy atom. The van der Waals surface area contributed by atoms with Crippen LogP contribution in [-0.4, -0.2) is 30.6 Å². The fourth-order valence-corrected chi connectivity index (χ4v) is 12.9. The largest absolute Gasteiger partial charge is 0.508 e. The molecule has 5 atom stereocenters. The molecule has 11 rings (SSSR count). The van der Waals surface area contributed by atoms with Crippen LogP contribution in [0.15, 0.2) is 158 Å². The summed E-state index contributed by atoms with van der Waals surface area (Å²) in [5, 5.41) is 54.1. The third-order valence-electron chi connectivity index (χ3n) is 16.4. The maximum atomic E-state index is 9.67. The van der Waals surface area contributed by atoms with Gasteiger partial charge in [-0.3, -0.25) is 0 Å². The Bertz CT molecular complexity index is 2250. The minimum atomic E-state index is -0.0669. The van der Waals surface area contributed by atoms with Gasteiger partial charge >= 0.3 is 0 Å². The number of aromatic hydroxyl groups is 6. The lowest BCUT2D eigenvalue weighted by Crippen LogP contribution is -2.41. The van der Waals surface area contributed by atoms with Crippen molar-refractivity contribution in [3.8, 4) is 34.5 Å². The quantitative estimate of drug-likeness (QED) is 0.105. The molecule has 6 N–H and O–H groups in total. The second-order valence-electron chi connectivity index (χ2n) is 23.9. The molecule has 0 heterocycles. The zero-order valence-corrected chi connectivity index (χ0v) is 48.4. The number of rotatable bonds is 3. The van der Waals surface area contributed by atoms with Gasteiger partial charge in [0.1, 0.15) is 34.5 Å². The van der Waals surface area contributed by atoms with Gasteiger partial charge in [-0.2, -0.15) is 0 Å². The van der Waals surface area contributed by atoms with Crippen LogP contribution in [0.5, 0.6) is 34.5 Å². The van der Waals surface area contributed by atoms with E-state index in [1.165, 1.54) is 78.0 Å². The number of benzene rings is 6. The van der Waals surface area contributed by atoms with Gasteiger partial charge in [0, 0.05) is 5.41 Å². The first kappa shape index (κ1) is 62.7. The van der Waals surface area contributed by atoms with Crippen LogP contribution in [0.25, 0.3) is 0 Å². The Hall–Kier alpha value is -5.88. The van der Waals surface area contributed by atoms with E-state index in [9.17, 15) is 10.2 Å². The van der Waals surface area contributed by atoms with Gasteiger partial charge in [-0.1, -0.05) is 171 Å². The number of aryl methyl sites for hydroxylation is 2. The molecular weight excluding hydrogens is 937 g/mol. The van der Waals surface area contributed by atoms with Crippen molar-refractivity contribution in [3.63, 3.8) is 0 Å². The number of para-hydroxylation sites is 2. The highest BCUT2D eigenvalue weighted by molar-refractivity contribution is 5.44. The standard InChI is InChI=1S/C21H26O2.C11H18.C10H20.2C7H8O.2C6H6O.C2H6/c1-15-12-20(2,3)14-21(13-15,16-4-8-18(22)9-5-16)17-6-10-19(23)11-7-17;1-7-4-10-8-2-3-9(6-8)11(10)5-7;1-8(2)10-6-4-9(3)5-7-10;2*1-6-2-4-7(8)5-3-6;2*7-6-4-2-1-3-5-6;1-2/h4-11,15,22-23H,12-14H2,1-3H3;7-11H,2-6H2,1H3;8-10H,4-7H2,1-3H3;2*2-5,8H,1H3;2*1-5,7H;1-2H3. The van der Waals surface area contributed by atoms with Crippen LogP contribution in [0.2, 0.25) is 0 Å². The summed E-state index contributed by atoms with van der Waals surface area (Å²) in [4.78, 5) is 0. The lowest BCUT2D eigenvalue weighted by molar-refractivity contribution is 0.127. The first-order valence-corrected chi connectivity index (χ1v) is 28.8. The zero-order chi connectivity index (χ0) is 55.8. The molecule has 5 unspecified atom stereocenters. The highest BCUT2D eigenvalue weighted by Gasteiger charge is 2.51. The molecule has 5 aliphatic rings. The normalized spacial score (nSPS) is 23.7. The Labute approximate surface area is 460 Å². The number of hydrogen-bond acceptors (Lipinski definition) is 6. The van der Waals surface area contributed by atoms with Crippen molar-refractivity contribution in [2.24, 2.45) is 58.7 Å². The van der Waals surface area contributed by atoms with Crippen LogP contribution in [0.4, 0.5) is 0 Å². The Morgan fingerprint density at radius 1 is 0.395 bits per heavy atom. The zero-order valence-electron chi connectivity index (χ0n) is 48.4. The van der Waals surface area contributed by atoms with E-state index in [1.54, 1.807) is 129 Å². The predicted molar refractivity (Wildman–Crippen MR) is 319 cm³/mol. The molecule has 5 saturated carbocycles. The number of phenolic OH excluding ortho intramolecular Hbond substituents is 6. The van der Waals surface area contributed by atoms with Gasteiger partial charge in [0.25, 0.3) is 0 Å². The number of fused-ring (bicyclic) bond motifs is 5. The average molecular weight is 1040 g/mol. The summed E-state index contributed by atoms with van der Waals surface area (Å²) in [6, 6.07) is 46.9. The Kier molecular flexibility index (Phi) is 25.9. The monoisotopic (exact) mass is 1030 g/mol. The van der Waals surface area contributed by atoms with Gasteiger partial charge in [0.2, 0.25) is 0 Å². The molecule has 5 fully saturated rings. The van der Waals surface area contributed by atoms with Gasteiger partial charge in [-0.15, -0.1) is 0 Å². The molecule has 5 aliphatic carbocycles. The van der Waals surface area contributed by atoms with Gasteiger partial charge < -0.3 is 30.6 Å². The molecule has 76 heavy (non-hydrogen) atoms. The summed E-state index contributed by atoms with van der Waals surface area (Å²) in [7, 11) is 0. The summed E-state index contributed by atoms with van der Waals surface area (Å²) in [5.74, 6) is 11.3. The predicted octanol–water partition coefficient (Wildman–Crippen LogP) is 19.0. The Balaban J connectivity index is 0.000000201. The van der Waals surface area contributed by atoms with E-state index in [1.807, 2.05) is 64.1 Å². The first-order valence-electron chi connectivity index (χ1n) is 28.8. The number of hydrogen-bond donors (Lipinski definition) is 6. The van der Waals surface area contributed by atoms with Gasteiger partial charge in [0.05, 0.1) is 0 Å². The molecule has 6 aromatic rings. The van der Waals surface area contributed by atoms with Crippen molar-refractivity contribution >= 4 is 0 Å². The molecule has 6 heteroatoms. The maximum absolute atomic E-state index is 9.67. The molecule has 0 amide bonds. The fourth-order valence-electron chi connectivity index (χ4n) is 12.9. The third kappa shape index (κ3) is 20.9. The van der Waals surface area contributed by atoms with Crippen molar-refractivity contribution < 1.29 is 30.6 Å². The third-order valence-corrected chi connectivity index (χ3v) is 16.4. The van der Waals surface area contributed by atoms with Gasteiger partial charge in [-0.25, -0.2) is 0 Å². The summed E-state index contributed by atoms with van der Waals surface area (Å²) >= 11 is 0. The highest BCUT2D eigenvalue weighted by atomic mass is 16.3.